The molecule has 15 heavy (non-hydrogen) atoms. The van der Waals surface area contributed by atoms with E-state index in [0.717, 1.165) is 6.42 Å². The number of benzene rings is 1. The minimum absolute atomic E-state index is 0.345. The summed E-state index contributed by atoms with van der Waals surface area (Å²) in [6, 6.07) is 8.84. The Kier molecular flexibility index (Phi) is 2.52. The monoisotopic (exact) mass is 199 g/mol. The molecule has 0 aromatic heterocycles. The first kappa shape index (κ1) is 10.2. The highest BCUT2D eigenvalue weighted by molar-refractivity contribution is 5.43. The first-order valence-corrected chi connectivity index (χ1v) is 5.67. The predicted molar refractivity (Wildman–Crippen MR) is 61.7 cm³/mol. The average Bonchev–Trinajstić information content (AvgIpc) is 2.28. The van der Waals surface area contributed by atoms with E-state index >= 15 is 0 Å². The van der Waals surface area contributed by atoms with E-state index in [4.69, 9.17) is 0 Å². The van der Waals surface area contributed by atoms with Crippen LogP contribution in [0.2, 0.25) is 0 Å². The quantitative estimate of drug-likeness (QED) is 0.680. The molecule has 0 saturated carbocycles. The van der Waals surface area contributed by atoms with Crippen molar-refractivity contribution in [2.75, 3.05) is 0 Å². The summed E-state index contributed by atoms with van der Waals surface area (Å²) >= 11 is 0. The third-order valence-electron chi connectivity index (χ3n) is 3.35. The molecule has 1 nitrogen and oxygen atoms in total. The lowest BCUT2D eigenvalue weighted by atomic mass is 9.78. The summed E-state index contributed by atoms with van der Waals surface area (Å²) < 4.78 is 0. The van der Waals surface area contributed by atoms with Crippen LogP contribution in [0.4, 0.5) is 0 Å². The average molecular weight is 199 g/mol. The van der Waals surface area contributed by atoms with Gasteiger partial charge in [0.05, 0.1) is 11.5 Å². The standard InChI is InChI=1S/C14H17N/c1-14(2,10-15)13-9-5-7-11-6-3-4-8-12(11)13/h5,7,9H,3-4,6,8H2,1-2H3. The van der Waals surface area contributed by atoms with E-state index in [-0.39, 0.29) is 5.41 Å². The minimum Gasteiger partial charge on any atom is -0.197 e. The van der Waals surface area contributed by atoms with Gasteiger partial charge in [0.15, 0.2) is 0 Å². The Hall–Kier alpha value is -1.29. The van der Waals surface area contributed by atoms with Gasteiger partial charge in [-0.2, -0.15) is 5.26 Å². The summed E-state index contributed by atoms with van der Waals surface area (Å²) in [6.07, 6.45) is 4.90. The molecule has 0 amide bonds. The molecule has 0 atom stereocenters. The maximum atomic E-state index is 9.20. The zero-order valence-corrected chi connectivity index (χ0v) is 9.51. The summed E-state index contributed by atoms with van der Waals surface area (Å²) in [5.41, 5.74) is 3.79. The Bertz CT molecular complexity index is 410. The van der Waals surface area contributed by atoms with Crippen LogP contribution in [0, 0.1) is 11.3 Å². The van der Waals surface area contributed by atoms with Crippen LogP contribution in [0.5, 0.6) is 0 Å². The molecule has 1 aromatic carbocycles. The summed E-state index contributed by atoms with van der Waals surface area (Å²) in [7, 11) is 0. The number of rotatable bonds is 1. The van der Waals surface area contributed by atoms with E-state index in [0.29, 0.717) is 0 Å². The molecule has 0 radical (unpaired) electrons. The van der Waals surface area contributed by atoms with E-state index in [9.17, 15) is 5.26 Å². The van der Waals surface area contributed by atoms with Crippen LogP contribution >= 0.6 is 0 Å². The first-order chi connectivity index (χ1) is 7.15. The van der Waals surface area contributed by atoms with Crippen molar-refractivity contribution in [3.63, 3.8) is 0 Å². The predicted octanol–water partition coefficient (Wildman–Crippen LogP) is 3.37. The number of aryl methyl sites for hydroxylation is 1. The van der Waals surface area contributed by atoms with E-state index in [2.05, 4.69) is 24.3 Å². The summed E-state index contributed by atoms with van der Waals surface area (Å²) in [5.74, 6) is 0. The molecule has 0 bridgehead atoms. The SMILES string of the molecule is CC(C)(C#N)c1cccc2c1CCCC2. The normalized spacial score (nSPS) is 15.5. The van der Waals surface area contributed by atoms with Gasteiger partial charge in [-0.1, -0.05) is 18.2 Å². The number of nitrogens with zero attached hydrogens (tertiary/aromatic N) is 1. The maximum Gasteiger partial charge on any atom is 0.0769 e. The van der Waals surface area contributed by atoms with E-state index in [1.54, 1.807) is 0 Å². The molecule has 2 rings (SSSR count). The lowest BCUT2D eigenvalue weighted by Gasteiger charge is -2.25. The zero-order valence-electron chi connectivity index (χ0n) is 9.51. The molecule has 1 aromatic rings. The van der Waals surface area contributed by atoms with Gasteiger partial charge < -0.3 is 0 Å². The van der Waals surface area contributed by atoms with Gasteiger partial charge in [-0.25, -0.2) is 0 Å². The third-order valence-corrected chi connectivity index (χ3v) is 3.35. The molecule has 1 heteroatoms. The second kappa shape index (κ2) is 3.70. The fourth-order valence-electron chi connectivity index (χ4n) is 2.43. The summed E-state index contributed by atoms with van der Waals surface area (Å²) in [4.78, 5) is 0. The fraction of sp³-hybridized carbons (Fsp3) is 0.500. The lowest BCUT2D eigenvalue weighted by Crippen LogP contribution is -2.19. The molecule has 0 unspecified atom stereocenters. The van der Waals surface area contributed by atoms with Gasteiger partial charge in [-0.05, 0) is 56.2 Å². The van der Waals surface area contributed by atoms with Gasteiger partial charge in [-0.15, -0.1) is 0 Å². The van der Waals surface area contributed by atoms with E-state index in [1.807, 2.05) is 13.8 Å². The molecule has 0 saturated heterocycles. The van der Waals surface area contributed by atoms with Crippen LogP contribution < -0.4 is 0 Å². The van der Waals surface area contributed by atoms with Crippen LogP contribution in [-0.2, 0) is 18.3 Å². The van der Waals surface area contributed by atoms with Crippen molar-refractivity contribution >= 4 is 0 Å². The smallest absolute Gasteiger partial charge is 0.0769 e. The van der Waals surface area contributed by atoms with Crippen LogP contribution in [0.1, 0.15) is 43.4 Å². The van der Waals surface area contributed by atoms with Gasteiger partial charge in [0.25, 0.3) is 0 Å². The Morgan fingerprint density at radius 3 is 2.67 bits per heavy atom. The molecular formula is C14H17N. The van der Waals surface area contributed by atoms with E-state index < -0.39 is 0 Å². The highest BCUT2D eigenvalue weighted by atomic mass is 14.3. The first-order valence-electron chi connectivity index (χ1n) is 5.67. The van der Waals surface area contributed by atoms with Gasteiger partial charge in [0, 0.05) is 0 Å². The molecule has 0 fully saturated rings. The lowest BCUT2D eigenvalue weighted by molar-refractivity contribution is 0.632. The Morgan fingerprint density at radius 1 is 1.20 bits per heavy atom. The number of hydrogen-bond acceptors (Lipinski definition) is 1. The number of hydrogen-bond donors (Lipinski definition) is 0. The van der Waals surface area contributed by atoms with Crippen molar-refractivity contribution in [3.05, 3.63) is 34.9 Å². The molecule has 1 aliphatic carbocycles. The van der Waals surface area contributed by atoms with Crippen molar-refractivity contribution in [1.82, 2.24) is 0 Å². The largest absolute Gasteiger partial charge is 0.197 e. The Balaban J connectivity index is 2.54. The maximum absolute atomic E-state index is 9.20. The zero-order chi connectivity index (χ0) is 10.9. The molecular weight excluding hydrogens is 182 g/mol. The van der Waals surface area contributed by atoms with Gasteiger partial charge in [0.1, 0.15) is 0 Å². The van der Waals surface area contributed by atoms with Gasteiger partial charge in [0.2, 0.25) is 0 Å². The van der Waals surface area contributed by atoms with Gasteiger partial charge >= 0.3 is 0 Å². The van der Waals surface area contributed by atoms with Crippen LogP contribution in [0.3, 0.4) is 0 Å². The summed E-state index contributed by atoms with van der Waals surface area (Å²) in [5, 5.41) is 9.20. The third kappa shape index (κ3) is 1.77. The van der Waals surface area contributed by atoms with Crippen molar-refractivity contribution in [2.24, 2.45) is 0 Å². The molecule has 0 spiro atoms. The second-order valence-corrected chi connectivity index (χ2v) is 4.89. The van der Waals surface area contributed by atoms with Gasteiger partial charge in [-0.3, -0.25) is 0 Å². The Labute approximate surface area is 91.7 Å². The number of fused-ring (bicyclic) bond motifs is 1. The van der Waals surface area contributed by atoms with Crippen molar-refractivity contribution in [1.29, 1.82) is 5.26 Å². The number of nitriles is 1. The molecule has 0 aliphatic heterocycles. The molecule has 78 valence electrons. The summed E-state index contributed by atoms with van der Waals surface area (Å²) in [6.45, 7) is 4.02. The molecule has 1 aliphatic rings. The molecule has 0 N–H and O–H groups in total. The van der Waals surface area contributed by atoms with E-state index in [1.165, 1.54) is 36.0 Å². The highest BCUT2D eigenvalue weighted by Crippen LogP contribution is 2.32. The van der Waals surface area contributed by atoms with Crippen LogP contribution in [0.25, 0.3) is 0 Å². The van der Waals surface area contributed by atoms with Crippen molar-refractivity contribution in [3.8, 4) is 6.07 Å². The fourth-order valence-corrected chi connectivity index (χ4v) is 2.43. The topological polar surface area (TPSA) is 23.8 Å². The molecule has 0 heterocycles. The van der Waals surface area contributed by atoms with Crippen molar-refractivity contribution in [2.45, 2.75) is 44.9 Å². The Morgan fingerprint density at radius 2 is 1.93 bits per heavy atom. The second-order valence-electron chi connectivity index (χ2n) is 4.89. The van der Waals surface area contributed by atoms with Crippen LogP contribution in [0.15, 0.2) is 18.2 Å². The van der Waals surface area contributed by atoms with Crippen LogP contribution in [-0.4, -0.2) is 0 Å². The minimum atomic E-state index is -0.345. The van der Waals surface area contributed by atoms with Crippen molar-refractivity contribution < 1.29 is 0 Å². The highest BCUT2D eigenvalue weighted by Gasteiger charge is 2.25.